The van der Waals surface area contributed by atoms with Crippen LogP contribution in [0.4, 0.5) is 0 Å². The Morgan fingerprint density at radius 2 is 2.05 bits per heavy atom. The Labute approximate surface area is 124 Å². The van der Waals surface area contributed by atoms with Crippen molar-refractivity contribution in [2.75, 3.05) is 6.54 Å². The molecular formula is C16H22ClNS. The van der Waals surface area contributed by atoms with Crippen molar-refractivity contribution in [2.24, 2.45) is 29.6 Å². The molecule has 3 saturated carbocycles. The summed E-state index contributed by atoms with van der Waals surface area (Å²) in [5, 5.41) is 3.75. The minimum absolute atomic E-state index is 0.569. The third kappa shape index (κ3) is 1.83. The van der Waals surface area contributed by atoms with Crippen LogP contribution in [0.15, 0.2) is 6.07 Å². The predicted octanol–water partition coefficient (Wildman–Crippen LogP) is 4.65. The monoisotopic (exact) mass is 295 g/mol. The second-order valence-corrected chi connectivity index (χ2v) is 8.39. The molecule has 1 aromatic rings. The summed E-state index contributed by atoms with van der Waals surface area (Å²) in [7, 11) is 0. The molecule has 3 aliphatic rings. The number of thiophene rings is 1. The van der Waals surface area contributed by atoms with Crippen LogP contribution in [0.5, 0.6) is 0 Å². The summed E-state index contributed by atoms with van der Waals surface area (Å²) in [6.07, 6.45) is 4.55. The van der Waals surface area contributed by atoms with E-state index in [1.54, 1.807) is 11.3 Å². The fourth-order valence-corrected chi connectivity index (χ4v) is 6.47. The molecule has 0 amide bonds. The van der Waals surface area contributed by atoms with Gasteiger partial charge in [0.1, 0.15) is 0 Å². The van der Waals surface area contributed by atoms with Gasteiger partial charge >= 0.3 is 0 Å². The summed E-state index contributed by atoms with van der Waals surface area (Å²) in [6, 6.07) is 2.88. The maximum Gasteiger partial charge on any atom is 0.0960 e. The Kier molecular flexibility index (Phi) is 2.98. The molecule has 104 valence electrons. The SMILES string of the molecule is CCNC(c1cc(C)c(Cl)s1)C1C2C3CCC(C3)C21. The first-order valence-corrected chi connectivity index (χ1v) is 8.89. The molecule has 0 spiro atoms. The van der Waals surface area contributed by atoms with E-state index in [9.17, 15) is 0 Å². The van der Waals surface area contributed by atoms with Crippen LogP contribution in [-0.2, 0) is 0 Å². The topological polar surface area (TPSA) is 12.0 Å². The average Bonchev–Trinajstić information content (AvgIpc) is 2.72. The number of aryl methyl sites for hydroxylation is 1. The Morgan fingerprint density at radius 3 is 2.58 bits per heavy atom. The first-order chi connectivity index (χ1) is 9.20. The van der Waals surface area contributed by atoms with Gasteiger partial charge in [0.2, 0.25) is 0 Å². The minimum atomic E-state index is 0.569. The maximum absolute atomic E-state index is 6.28. The van der Waals surface area contributed by atoms with Gasteiger partial charge in [0.15, 0.2) is 0 Å². The number of halogens is 1. The molecule has 1 aromatic heterocycles. The Morgan fingerprint density at radius 1 is 1.37 bits per heavy atom. The van der Waals surface area contributed by atoms with Crippen molar-refractivity contribution in [1.29, 1.82) is 0 Å². The number of hydrogen-bond donors (Lipinski definition) is 1. The molecule has 3 heteroatoms. The molecule has 0 saturated heterocycles. The molecule has 1 nitrogen and oxygen atoms in total. The Bertz CT molecular complexity index is 461. The molecule has 2 bridgehead atoms. The molecule has 1 heterocycles. The van der Waals surface area contributed by atoms with E-state index in [1.165, 1.54) is 29.7 Å². The molecule has 3 aliphatic carbocycles. The lowest BCUT2D eigenvalue weighted by molar-refractivity contribution is 0.378. The number of nitrogens with one attached hydrogen (secondary N) is 1. The highest BCUT2D eigenvalue weighted by molar-refractivity contribution is 7.16. The standard InChI is InChI=1S/C16H22ClNS/c1-3-18-15(11-6-8(2)16(17)19-11)14-12-9-4-5-10(7-9)13(12)14/h6,9-10,12-15,18H,3-5,7H2,1-2H3. The van der Waals surface area contributed by atoms with Gasteiger partial charge in [0.25, 0.3) is 0 Å². The van der Waals surface area contributed by atoms with Gasteiger partial charge in [0, 0.05) is 10.9 Å². The van der Waals surface area contributed by atoms with E-state index in [2.05, 4.69) is 25.2 Å². The second-order valence-electron chi connectivity index (χ2n) is 6.71. The van der Waals surface area contributed by atoms with Crippen molar-refractivity contribution in [2.45, 2.75) is 39.2 Å². The molecule has 0 radical (unpaired) electrons. The predicted molar refractivity (Wildman–Crippen MR) is 81.8 cm³/mol. The van der Waals surface area contributed by atoms with Gasteiger partial charge in [-0.1, -0.05) is 18.5 Å². The van der Waals surface area contributed by atoms with Crippen LogP contribution >= 0.6 is 22.9 Å². The normalized spacial score (nSPS) is 40.5. The fourth-order valence-electron chi connectivity index (χ4n) is 5.12. The van der Waals surface area contributed by atoms with Crippen molar-refractivity contribution in [1.82, 2.24) is 5.32 Å². The molecule has 5 unspecified atom stereocenters. The molecular weight excluding hydrogens is 274 g/mol. The first kappa shape index (κ1) is 12.7. The molecule has 1 N–H and O–H groups in total. The van der Waals surface area contributed by atoms with Crippen LogP contribution in [-0.4, -0.2) is 6.54 Å². The third-order valence-corrected chi connectivity index (χ3v) is 7.42. The number of fused-ring (bicyclic) bond motifs is 5. The van der Waals surface area contributed by atoms with E-state index in [1.807, 2.05) is 0 Å². The average molecular weight is 296 g/mol. The van der Waals surface area contributed by atoms with Crippen LogP contribution in [0, 0.1) is 36.5 Å². The van der Waals surface area contributed by atoms with Gasteiger partial charge in [-0.15, -0.1) is 11.3 Å². The fraction of sp³-hybridized carbons (Fsp3) is 0.750. The van der Waals surface area contributed by atoms with E-state index in [0.717, 1.165) is 40.5 Å². The zero-order valence-corrected chi connectivity index (χ0v) is 13.2. The molecule has 4 rings (SSSR count). The second kappa shape index (κ2) is 4.47. The van der Waals surface area contributed by atoms with E-state index < -0.39 is 0 Å². The van der Waals surface area contributed by atoms with Gasteiger partial charge in [-0.2, -0.15) is 0 Å². The first-order valence-electron chi connectivity index (χ1n) is 7.70. The van der Waals surface area contributed by atoms with Gasteiger partial charge < -0.3 is 5.32 Å². The number of hydrogen-bond acceptors (Lipinski definition) is 2. The van der Waals surface area contributed by atoms with E-state index in [-0.39, 0.29) is 0 Å². The van der Waals surface area contributed by atoms with Crippen LogP contribution in [0.1, 0.15) is 42.7 Å². The van der Waals surface area contributed by atoms with Crippen molar-refractivity contribution < 1.29 is 0 Å². The lowest BCUT2D eigenvalue weighted by Crippen LogP contribution is -2.24. The minimum Gasteiger partial charge on any atom is -0.309 e. The zero-order chi connectivity index (χ0) is 13.1. The van der Waals surface area contributed by atoms with E-state index >= 15 is 0 Å². The van der Waals surface area contributed by atoms with Crippen LogP contribution in [0.3, 0.4) is 0 Å². The Balaban J connectivity index is 1.60. The smallest absolute Gasteiger partial charge is 0.0960 e. The Hall–Kier alpha value is -0.0500. The zero-order valence-electron chi connectivity index (χ0n) is 11.7. The van der Waals surface area contributed by atoms with E-state index in [0.29, 0.717) is 6.04 Å². The van der Waals surface area contributed by atoms with Gasteiger partial charge in [-0.3, -0.25) is 0 Å². The van der Waals surface area contributed by atoms with Crippen molar-refractivity contribution >= 4 is 22.9 Å². The highest BCUT2D eigenvalue weighted by Crippen LogP contribution is 2.72. The third-order valence-electron chi connectivity index (χ3n) is 5.79. The molecule has 3 fully saturated rings. The summed E-state index contributed by atoms with van der Waals surface area (Å²) in [5.74, 6) is 5.07. The van der Waals surface area contributed by atoms with Gasteiger partial charge in [0.05, 0.1) is 4.34 Å². The van der Waals surface area contributed by atoms with Crippen molar-refractivity contribution in [3.05, 3.63) is 20.8 Å². The summed E-state index contributed by atoms with van der Waals surface area (Å²) >= 11 is 8.07. The van der Waals surface area contributed by atoms with Gasteiger partial charge in [-0.05, 0) is 74.0 Å². The highest BCUT2D eigenvalue weighted by atomic mass is 35.5. The summed E-state index contributed by atoms with van der Waals surface area (Å²) in [6.45, 7) is 5.41. The maximum atomic E-state index is 6.28. The number of rotatable bonds is 4. The van der Waals surface area contributed by atoms with Crippen molar-refractivity contribution in [3.63, 3.8) is 0 Å². The summed E-state index contributed by atoms with van der Waals surface area (Å²) in [5.41, 5.74) is 1.25. The van der Waals surface area contributed by atoms with Crippen LogP contribution in [0.2, 0.25) is 4.34 Å². The van der Waals surface area contributed by atoms with E-state index in [4.69, 9.17) is 11.6 Å². The largest absolute Gasteiger partial charge is 0.309 e. The molecule has 0 aliphatic heterocycles. The van der Waals surface area contributed by atoms with Crippen molar-refractivity contribution in [3.8, 4) is 0 Å². The molecule has 19 heavy (non-hydrogen) atoms. The quantitative estimate of drug-likeness (QED) is 0.852. The summed E-state index contributed by atoms with van der Waals surface area (Å²) < 4.78 is 0.978. The summed E-state index contributed by atoms with van der Waals surface area (Å²) in [4.78, 5) is 1.48. The van der Waals surface area contributed by atoms with Gasteiger partial charge in [-0.25, -0.2) is 0 Å². The van der Waals surface area contributed by atoms with Crippen LogP contribution in [0.25, 0.3) is 0 Å². The highest BCUT2D eigenvalue weighted by Gasteiger charge is 2.66. The lowest BCUT2D eigenvalue weighted by Gasteiger charge is -2.20. The van der Waals surface area contributed by atoms with Crippen LogP contribution < -0.4 is 5.32 Å². The lowest BCUT2D eigenvalue weighted by atomic mass is 9.96. The molecule has 0 aromatic carbocycles. The molecule has 5 atom stereocenters.